The maximum absolute atomic E-state index is 13.1. The Hall–Kier alpha value is -3.92. The summed E-state index contributed by atoms with van der Waals surface area (Å²) in [6.45, 7) is 12.2. The Morgan fingerprint density at radius 1 is 0.958 bits per heavy atom. The highest BCUT2D eigenvalue weighted by molar-refractivity contribution is 6.05. The number of carbonyl (C=O) groups excluding carboxylic acids is 4. The molecule has 10 heteroatoms. The van der Waals surface area contributed by atoms with E-state index in [1.54, 1.807) is 11.0 Å². The molecule has 4 aliphatic rings. The molecule has 258 valence electrons. The van der Waals surface area contributed by atoms with Crippen molar-refractivity contribution in [1.29, 1.82) is 0 Å². The first-order valence-corrected chi connectivity index (χ1v) is 17.7. The zero-order valence-electron chi connectivity index (χ0n) is 28.9. The molecule has 1 N–H and O–H groups in total. The van der Waals surface area contributed by atoms with Crippen LogP contribution in [0.5, 0.6) is 5.75 Å². The van der Waals surface area contributed by atoms with Gasteiger partial charge in [-0.15, -0.1) is 0 Å². The third kappa shape index (κ3) is 7.69. The number of nitrogens with zero attached hydrogens (tertiary/aromatic N) is 3. The molecule has 0 saturated carbocycles. The molecule has 2 aromatic carbocycles. The van der Waals surface area contributed by atoms with Gasteiger partial charge in [-0.3, -0.25) is 24.6 Å². The highest BCUT2D eigenvalue weighted by Crippen LogP contribution is 2.34. The van der Waals surface area contributed by atoms with Gasteiger partial charge in [-0.25, -0.2) is 4.79 Å². The molecule has 0 bridgehead atoms. The zero-order chi connectivity index (χ0) is 34.0. The van der Waals surface area contributed by atoms with Crippen molar-refractivity contribution in [2.24, 2.45) is 0 Å². The first-order valence-electron chi connectivity index (χ1n) is 17.7. The van der Waals surface area contributed by atoms with E-state index >= 15 is 0 Å². The summed E-state index contributed by atoms with van der Waals surface area (Å²) in [6.07, 6.45) is 6.66. The minimum absolute atomic E-state index is 0.173. The molecule has 3 fully saturated rings. The van der Waals surface area contributed by atoms with Crippen LogP contribution in [0.4, 0.5) is 4.79 Å². The lowest BCUT2D eigenvalue weighted by Crippen LogP contribution is -2.52. The van der Waals surface area contributed by atoms with Gasteiger partial charge in [0.05, 0.1) is 0 Å². The van der Waals surface area contributed by atoms with Crippen LogP contribution >= 0.6 is 0 Å². The zero-order valence-corrected chi connectivity index (χ0v) is 28.9. The van der Waals surface area contributed by atoms with Gasteiger partial charge < -0.3 is 19.3 Å². The van der Waals surface area contributed by atoms with Crippen LogP contribution in [0.2, 0.25) is 0 Å². The number of fused-ring (bicyclic) bond motifs is 1. The summed E-state index contributed by atoms with van der Waals surface area (Å²) in [5.74, 6) is 0.315. The number of imide groups is 1. The number of likely N-dealkylation sites (tertiary alicyclic amines) is 2. The van der Waals surface area contributed by atoms with Crippen LogP contribution in [0.1, 0.15) is 111 Å². The maximum Gasteiger partial charge on any atom is 0.410 e. The number of ether oxygens (including phenoxy) is 2. The Kier molecular flexibility index (Phi) is 10.1. The molecule has 10 nitrogen and oxygen atoms in total. The average Bonchev–Trinajstić information content (AvgIpc) is 3.38. The van der Waals surface area contributed by atoms with E-state index in [1.807, 2.05) is 37.8 Å². The van der Waals surface area contributed by atoms with Crippen molar-refractivity contribution >= 4 is 23.8 Å². The van der Waals surface area contributed by atoms with Gasteiger partial charge in [0.1, 0.15) is 24.0 Å². The minimum Gasteiger partial charge on any atom is -0.492 e. The molecule has 4 heterocycles. The Morgan fingerprint density at radius 2 is 1.75 bits per heavy atom. The fourth-order valence-electron chi connectivity index (χ4n) is 7.69. The van der Waals surface area contributed by atoms with Crippen LogP contribution in [0.3, 0.4) is 0 Å². The molecular weight excluding hydrogens is 608 g/mol. The Bertz CT molecular complexity index is 1540. The third-order valence-corrected chi connectivity index (χ3v) is 10.2. The summed E-state index contributed by atoms with van der Waals surface area (Å²) >= 11 is 0. The van der Waals surface area contributed by atoms with E-state index in [1.165, 1.54) is 29.5 Å². The van der Waals surface area contributed by atoms with Crippen LogP contribution in [0, 0.1) is 0 Å². The lowest BCUT2D eigenvalue weighted by atomic mass is 9.85. The largest absolute Gasteiger partial charge is 0.492 e. The highest BCUT2D eigenvalue weighted by atomic mass is 16.6. The molecule has 6 rings (SSSR count). The van der Waals surface area contributed by atoms with E-state index in [0.29, 0.717) is 31.1 Å². The number of benzene rings is 2. The smallest absolute Gasteiger partial charge is 0.410 e. The molecule has 2 atom stereocenters. The molecule has 4 aliphatic heterocycles. The number of aryl methyl sites for hydroxylation is 1. The van der Waals surface area contributed by atoms with Crippen molar-refractivity contribution in [2.75, 3.05) is 26.2 Å². The van der Waals surface area contributed by atoms with Gasteiger partial charge in [0.2, 0.25) is 11.8 Å². The second-order valence-corrected chi connectivity index (χ2v) is 14.8. The molecule has 0 aromatic heterocycles. The second kappa shape index (κ2) is 14.3. The molecule has 1 unspecified atom stereocenters. The summed E-state index contributed by atoms with van der Waals surface area (Å²) in [6, 6.07) is 12.2. The van der Waals surface area contributed by atoms with Crippen molar-refractivity contribution in [3.63, 3.8) is 0 Å². The van der Waals surface area contributed by atoms with Crippen LogP contribution in [-0.2, 0) is 33.8 Å². The standard InChI is InChI=1S/C38H50N4O6/c1-5-26-20-25(9-11-31(26)27-15-18-40(19-16-27)37(46)48-38(2,3)4)22-41-17-7-6-8-29(41)24-47-30-10-12-32-28(21-30)23-42(36(32)45)33-13-14-34(43)39-35(33)44/h9-12,20-21,27,29,33H,5-8,13-19,22-24H2,1-4H3,(H,39,43,44)/t29-,33?/m1/s1. The highest BCUT2D eigenvalue weighted by Gasteiger charge is 2.39. The normalized spacial score (nSPS) is 22.5. The molecule has 0 aliphatic carbocycles. The van der Waals surface area contributed by atoms with Gasteiger partial charge in [0.15, 0.2) is 0 Å². The van der Waals surface area contributed by atoms with Crippen molar-refractivity contribution in [3.8, 4) is 5.75 Å². The number of hydrogen-bond acceptors (Lipinski definition) is 7. The summed E-state index contributed by atoms with van der Waals surface area (Å²) in [4.78, 5) is 55.6. The monoisotopic (exact) mass is 658 g/mol. The predicted octanol–water partition coefficient (Wildman–Crippen LogP) is 5.56. The predicted molar refractivity (Wildman–Crippen MR) is 182 cm³/mol. The van der Waals surface area contributed by atoms with Crippen molar-refractivity contribution in [1.82, 2.24) is 20.0 Å². The Labute approximate surface area is 284 Å². The first kappa shape index (κ1) is 34.0. The lowest BCUT2D eigenvalue weighted by Gasteiger charge is -2.36. The van der Waals surface area contributed by atoms with E-state index in [4.69, 9.17) is 9.47 Å². The first-order chi connectivity index (χ1) is 23.0. The van der Waals surface area contributed by atoms with E-state index in [9.17, 15) is 19.2 Å². The van der Waals surface area contributed by atoms with Crippen LogP contribution in [0.25, 0.3) is 0 Å². The molecule has 3 saturated heterocycles. The number of rotatable bonds is 8. The van der Waals surface area contributed by atoms with Crippen molar-refractivity contribution < 1.29 is 28.7 Å². The SMILES string of the molecule is CCc1cc(CN2CCCC[C@@H]2COc2ccc3c(c2)CN(C2CCC(=O)NC2=O)C3=O)ccc1C1CCN(C(=O)OC(C)(C)C)CC1. The Balaban J connectivity index is 1.05. The number of piperidine rings is 3. The summed E-state index contributed by atoms with van der Waals surface area (Å²) in [5.41, 5.74) is 5.09. The molecular formula is C38H50N4O6. The molecule has 0 radical (unpaired) electrons. The summed E-state index contributed by atoms with van der Waals surface area (Å²) in [5, 5.41) is 2.36. The van der Waals surface area contributed by atoms with E-state index in [-0.39, 0.29) is 30.4 Å². The van der Waals surface area contributed by atoms with Gasteiger partial charge in [0.25, 0.3) is 5.91 Å². The van der Waals surface area contributed by atoms with Gasteiger partial charge in [-0.2, -0.15) is 0 Å². The molecule has 0 spiro atoms. The summed E-state index contributed by atoms with van der Waals surface area (Å²) < 4.78 is 11.9. The van der Waals surface area contributed by atoms with E-state index < -0.39 is 17.6 Å². The number of carbonyl (C=O) groups is 4. The topological polar surface area (TPSA) is 108 Å². The third-order valence-electron chi connectivity index (χ3n) is 10.2. The number of nitrogens with one attached hydrogen (secondary N) is 1. The van der Waals surface area contributed by atoms with Crippen molar-refractivity contribution in [2.45, 2.75) is 116 Å². The lowest BCUT2D eigenvalue weighted by molar-refractivity contribution is -0.136. The Morgan fingerprint density at radius 3 is 2.48 bits per heavy atom. The molecule has 4 amide bonds. The van der Waals surface area contributed by atoms with Crippen LogP contribution in [0.15, 0.2) is 36.4 Å². The summed E-state index contributed by atoms with van der Waals surface area (Å²) in [7, 11) is 0. The fraction of sp³-hybridized carbons (Fsp3) is 0.579. The number of amides is 4. The van der Waals surface area contributed by atoms with Crippen molar-refractivity contribution in [3.05, 3.63) is 64.2 Å². The second-order valence-electron chi connectivity index (χ2n) is 14.8. The van der Waals surface area contributed by atoms with Crippen LogP contribution in [-0.4, -0.2) is 82.4 Å². The average molecular weight is 659 g/mol. The molecule has 48 heavy (non-hydrogen) atoms. The van der Waals surface area contributed by atoms with Gasteiger partial charge in [-0.1, -0.05) is 31.5 Å². The molecule has 2 aromatic rings. The minimum atomic E-state index is -0.623. The van der Waals surface area contributed by atoms with Crippen LogP contribution < -0.4 is 10.1 Å². The fourth-order valence-corrected chi connectivity index (χ4v) is 7.69. The van der Waals surface area contributed by atoms with E-state index in [0.717, 1.165) is 63.2 Å². The van der Waals surface area contributed by atoms with Gasteiger partial charge in [-0.05, 0) is 112 Å². The van der Waals surface area contributed by atoms with E-state index in [2.05, 4.69) is 35.3 Å². The van der Waals surface area contributed by atoms with Gasteiger partial charge >= 0.3 is 6.09 Å². The maximum atomic E-state index is 13.1. The quantitative estimate of drug-likeness (QED) is 0.370. The number of hydrogen-bond donors (Lipinski definition) is 1. The van der Waals surface area contributed by atoms with Gasteiger partial charge in [0, 0.05) is 44.2 Å².